The van der Waals surface area contributed by atoms with Crippen LogP contribution in [0.4, 0.5) is 8.78 Å². The molecule has 7 heteroatoms. The lowest BCUT2D eigenvalue weighted by molar-refractivity contribution is -0.164. The fourth-order valence-electron chi connectivity index (χ4n) is 1.90. The Balaban J connectivity index is 2.40. The minimum atomic E-state index is -3.16. The predicted octanol–water partition coefficient (Wildman–Crippen LogP) is 1.57. The molecule has 0 saturated carbocycles. The van der Waals surface area contributed by atoms with Crippen LogP contribution in [0.2, 0.25) is 0 Å². The Bertz CT molecular complexity index is 548. The third kappa shape index (κ3) is 2.17. The lowest BCUT2D eigenvalue weighted by Crippen LogP contribution is -2.51. The summed E-state index contributed by atoms with van der Waals surface area (Å²) in [6, 6.07) is 5.49. The molecule has 1 atom stereocenters. The van der Waals surface area contributed by atoms with Gasteiger partial charge in [0.15, 0.2) is 0 Å². The number of aliphatic hydroxyl groups is 1. The van der Waals surface area contributed by atoms with Gasteiger partial charge in [0.05, 0.1) is 5.56 Å². The normalized spacial score (nSPS) is 22.8. The van der Waals surface area contributed by atoms with Crippen molar-refractivity contribution in [3.8, 4) is 5.75 Å². The highest BCUT2D eigenvalue weighted by atomic mass is 19.3. The van der Waals surface area contributed by atoms with Gasteiger partial charge >= 0.3 is 0 Å². The van der Waals surface area contributed by atoms with Crippen molar-refractivity contribution in [1.82, 2.24) is 5.01 Å². The number of aromatic hydroxyl groups is 1. The molecule has 1 aliphatic heterocycles. The van der Waals surface area contributed by atoms with E-state index in [0.29, 0.717) is 5.01 Å². The second-order valence-electron chi connectivity index (χ2n) is 4.33. The summed E-state index contributed by atoms with van der Waals surface area (Å²) in [4.78, 5) is 12.1. The summed E-state index contributed by atoms with van der Waals surface area (Å²) in [5.41, 5.74) is -2.64. The Morgan fingerprint density at radius 2 is 2.11 bits per heavy atom. The molecule has 1 aliphatic rings. The maximum atomic E-state index is 12.9. The SMILES string of the molecule is CC1=NN(C(=O)c2ccccc2O)[C@@](O)(C(F)F)C1. The van der Waals surface area contributed by atoms with Crippen LogP contribution >= 0.6 is 0 Å². The summed E-state index contributed by atoms with van der Waals surface area (Å²) in [5.74, 6) is -1.33. The molecule has 1 heterocycles. The van der Waals surface area contributed by atoms with Gasteiger partial charge in [-0.2, -0.15) is 10.1 Å². The van der Waals surface area contributed by atoms with E-state index in [-0.39, 0.29) is 17.0 Å². The standard InChI is InChI=1S/C12H12F2N2O3/c1-7-6-12(19,11(13)14)16(15-7)10(18)8-4-2-3-5-9(8)17/h2-5,11,17,19H,6H2,1H3/t12-/m0/s1. The lowest BCUT2D eigenvalue weighted by atomic mass is 10.1. The van der Waals surface area contributed by atoms with Gasteiger partial charge in [-0.1, -0.05) is 12.1 Å². The number of carbonyl (C=O) groups excluding carboxylic acids is 1. The summed E-state index contributed by atoms with van der Waals surface area (Å²) in [5, 5.41) is 23.4. The van der Waals surface area contributed by atoms with E-state index in [4.69, 9.17) is 0 Å². The number of phenolic OH excluding ortho intramolecular Hbond substituents is 1. The number of benzene rings is 1. The van der Waals surface area contributed by atoms with Crippen LogP contribution in [0.1, 0.15) is 23.7 Å². The van der Waals surface area contributed by atoms with Gasteiger partial charge in [0.1, 0.15) is 5.75 Å². The highest BCUT2D eigenvalue weighted by Gasteiger charge is 2.51. The number of para-hydroxylation sites is 1. The van der Waals surface area contributed by atoms with E-state index < -0.39 is 24.5 Å². The smallest absolute Gasteiger partial charge is 0.287 e. The second kappa shape index (κ2) is 4.58. The van der Waals surface area contributed by atoms with Crippen molar-refractivity contribution < 1.29 is 23.8 Å². The first-order valence-electron chi connectivity index (χ1n) is 5.53. The number of phenols is 1. The van der Waals surface area contributed by atoms with Crippen LogP contribution in [-0.2, 0) is 0 Å². The lowest BCUT2D eigenvalue weighted by Gasteiger charge is -2.30. The molecule has 1 aromatic rings. The zero-order valence-electron chi connectivity index (χ0n) is 10.0. The first-order valence-corrected chi connectivity index (χ1v) is 5.53. The molecule has 2 rings (SSSR count). The van der Waals surface area contributed by atoms with E-state index in [9.17, 15) is 23.8 Å². The Labute approximate surface area is 107 Å². The number of hydrogen-bond acceptors (Lipinski definition) is 4. The minimum Gasteiger partial charge on any atom is -0.507 e. The molecule has 1 aromatic carbocycles. The molecule has 2 N–H and O–H groups in total. The first-order chi connectivity index (χ1) is 8.86. The fourth-order valence-corrected chi connectivity index (χ4v) is 1.90. The molecule has 0 aliphatic carbocycles. The van der Waals surface area contributed by atoms with Crippen LogP contribution in [0.5, 0.6) is 5.75 Å². The minimum absolute atomic E-state index is 0.194. The van der Waals surface area contributed by atoms with Crippen LogP contribution in [0.15, 0.2) is 29.4 Å². The van der Waals surface area contributed by atoms with Crippen LogP contribution in [0.25, 0.3) is 0 Å². The van der Waals surface area contributed by atoms with Crippen LogP contribution < -0.4 is 0 Å². The van der Waals surface area contributed by atoms with Crippen molar-refractivity contribution in [2.24, 2.45) is 5.10 Å². The second-order valence-corrected chi connectivity index (χ2v) is 4.33. The van der Waals surface area contributed by atoms with E-state index >= 15 is 0 Å². The summed E-state index contributed by atoms with van der Waals surface area (Å²) in [6.07, 6.45) is -3.59. The topological polar surface area (TPSA) is 73.1 Å². The summed E-state index contributed by atoms with van der Waals surface area (Å²) < 4.78 is 25.9. The van der Waals surface area contributed by atoms with Gasteiger partial charge in [-0.05, 0) is 19.1 Å². The third-order valence-corrected chi connectivity index (χ3v) is 2.83. The molecular formula is C12H12F2N2O3. The predicted molar refractivity (Wildman–Crippen MR) is 63.0 cm³/mol. The molecule has 0 saturated heterocycles. The maximum absolute atomic E-state index is 12.9. The number of alkyl halides is 2. The Kier molecular flexibility index (Phi) is 3.23. The average Bonchev–Trinajstić information content (AvgIpc) is 2.66. The number of hydrogen-bond donors (Lipinski definition) is 2. The third-order valence-electron chi connectivity index (χ3n) is 2.83. The van der Waals surface area contributed by atoms with E-state index in [0.717, 1.165) is 0 Å². The largest absolute Gasteiger partial charge is 0.507 e. The number of amides is 1. The molecule has 5 nitrogen and oxygen atoms in total. The molecule has 0 radical (unpaired) electrons. The van der Waals surface area contributed by atoms with Crippen molar-refractivity contribution >= 4 is 11.6 Å². The Morgan fingerprint density at radius 1 is 1.47 bits per heavy atom. The number of nitrogens with zero attached hydrogens (tertiary/aromatic N) is 2. The van der Waals surface area contributed by atoms with Gasteiger partial charge in [0, 0.05) is 12.1 Å². The van der Waals surface area contributed by atoms with Gasteiger partial charge in [0.25, 0.3) is 12.3 Å². The molecule has 0 spiro atoms. The van der Waals surface area contributed by atoms with Crippen LogP contribution in [0.3, 0.4) is 0 Å². The van der Waals surface area contributed by atoms with Gasteiger partial charge in [0.2, 0.25) is 5.72 Å². The van der Waals surface area contributed by atoms with E-state index in [2.05, 4.69) is 5.10 Å². The maximum Gasteiger partial charge on any atom is 0.287 e. The van der Waals surface area contributed by atoms with Crippen molar-refractivity contribution in [3.63, 3.8) is 0 Å². The van der Waals surface area contributed by atoms with Gasteiger partial charge in [-0.15, -0.1) is 0 Å². The van der Waals surface area contributed by atoms with Gasteiger partial charge in [-0.3, -0.25) is 4.79 Å². The molecule has 0 bridgehead atoms. The molecule has 19 heavy (non-hydrogen) atoms. The highest BCUT2D eigenvalue weighted by molar-refractivity contribution is 5.99. The Morgan fingerprint density at radius 3 is 2.68 bits per heavy atom. The van der Waals surface area contributed by atoms with Crippen molar-refractivity contribution in [1.29, 1.82) is 0 Å². The molecule has 0 fully saturated rings. The highest BCUT2D eigenvalue weighted by Crippen LogP contribution is 2.33. The van der Waals surface area contributed by atoms with Crippen molar-refractivity contribution in [3.05, 3.63) is 29.8 Å². The summed E-state index contributed by atoms with van der Waals surface area (Å²) >= 11 is 0. The Hall–Kier alpha value is -2.02. The molecule has 1 amide bonds. The number of carbonyl (C=O) groups is 1. The van der Waals surface area contributed by atoms with Crippen LogP contribution in [-0.4, -0.2) is 39.0 Å². The molecule has 0 unspecified atom stereocenters. The number of hydrazone groups is 1. The average molecular weight is 270 g/mol. The van der Waals surface area contributed by atoms with Gasteiger partial charge < -0.3 is 10.2 Å². The number of rotatable bonds is 2. The van der Waals surface area contributed by atoms with E-state index in [1.807, 2.05) is 0 Å². The quantitative estimate of drug-likeness (QED) is 0.856. The van der Waals surface area contributed by atoms with E-state index in [1.165, 1.54) is 31.2 Å². The summed E-state index contributed by atoms with van der Waals surface area (Å²) in [6.45, 7) is 1.44. The first kappa shape index (κ1) is 13.4. The zero-order valence-corrected chi connectivity index (χ0v) is 10.0. The molecule has 102 valence electrons. The van der Waals surface area contributed by atoms with Crippen molar-refractivity contribution in [2.45, 2.75) is 25.5 Å². The number of halogens is 2. The molecule has 0 aromatic heterocycles. The monoisotopic (exact) mass is 270 g/mol. The zero-order chi connectivity index (χ0) is 14.2. The van der Waals surface area contributed by atoms with Gasteiger partial charge in [-0.25, -0.2) is 8.78 Å². The van der Waals surface area contributed by atoms with Crippen molar-refractivity contribution in [2.75, 3.05) is 0 Å². The van der Waals surface area contributed by atoms with E-state index in [1.54, 1.807) is 0 Å². The van der Waals surface area contributed by atoms with Crippen LogP contribution in [0, 0.1) is 0 Å². The fraction of sp³-hybridized carbons (Fsp3) is 0.333. The summed E-state index contributed by atoms with van der Waals surface area (Å²) in [7, 11) is 0. The molecular weight excluding hydrogens is 258 g/mol.